The Morgan fingerprint density at radius 2 is 2.21 bits per heavy atom. The topological polar surface area (TPSA) is 94.5 Å². The number of amides is 2. The molecule has 10 heteroatoms. The first kappa shape index (κ1) is 18.0. The average Bonchev–Trinajstić information content (AvgIpc) is 3.40. The SMILES string of the molecule is Cn1ccc(C(=O)NCC(=O)Nc2nc(-c3cc(F)c4c(c3)OCO4)cs2)c1. The second-order valence-electron chi connectivity index (χ2n) is 6.03. The van der Waals surface area contributed by atoms with Gasteiger partial charge in [-0.15, -0.1) is 11.3 Å². The third kappa shape index (κ3) is 3.67. The smallest absolute Gasteiger partial charge is 0.253 e. The maximum absolute atomic E-state index is 14.0. The van der Waals surface area contributed by atoms with Gasteiger partial charge in [-0.3, -0.25) is 9.59 Å². The Hall–Kier alpha value is -3.40. The Kier molecular flexibility index (Phi) is 4.70. The highest BCUT2D eigenvalue weighted by Gasteiger charge is 2.21. The zero-order chi connectivity index (χ0) is 19.7. The van der Waals surface area contributed by atoms with Crippen LogP contribution in [0.1, 0.15) is 10.4 Å². The predicted octanol–water partition coefficient (Wildman–Crippen LogP) is 2.38. The number of nitrogens with zero attached hydrogens (tertiary/aromatic N) is 2. The average molecular weight is 402 g/mol. The fourth-order valence-electron chi connectivity index (χ4n) is 2.64. The molecule has 8 nitrogen and oxygen atoms in total. The molecule has 0 spiro atoms. The molecule has 2 N–H and O–H groups in total. The summed E-state index contributed by atoms with van der Waals surface area (Å²) in [5.41, 5.74) is 1.47. The van der Waals surface area contributed by atoms with Crippen molar-refractivity contribution in [2.45, 2.75) is 0 Å². The molecule has 0 aliphatic carbocycles. The van der Waals surface area contributed by atoms with Crippen LogP contribution in [-0.4, -0.2) is 34.7 Å². The molecule has 0 atom stereocenters. The van der Waals surface area contributed by atoms with Gasteiger partial charge in [-0.05, 0) is 18.2 Å². The third-order valence-corrected chi connectivity index (χ3v) is 4.73. The van der Waals surface area contributed by atoms with Crippen molar-refractivity contribution in [1.29, 1.82) is 0 Å². The largest absolute Gasteiger partial charge is 0.453 e. The lowest BCUT2D eigenvalue weighted by Crippen LogP contribution is -2.32. The van der Waals surface area contributed by atoms with E-state index in [-0.39, 0.29) is 25.0 Å². The predicted molar refractivity (Wildman–Crippen MR) is 100 cm³/mol. The lowest BCUT2D eigenvalue weighted by Gasteiger charge is -2.04. The molecular weight excluding hydrogens is 387 g/mol. The van der Waals surface area contributed by atoms with Crippen LogP contribution in [0.5, 0.6) is 11.5 Å². The van der Waals surface area contributed by atoms with E-state index in [2.05, 4.69) is 15.6 Å². The standard InChI is InChI=1S/C18H15FN4O4S/c1-23-3-2-10(7-23)17(25)20-6-15(24)22-18-21-13(8-28-18)11-4-12(19)16-14(5-11)26-9-27-16/h2-5,7-8H,6,9H2,1H3,(H,20,25)(H,21,22,24). The van der Waals surface area contributed by atoms with Crippen LogP contribution < -0.4 is 20.1 Å². The van der Waals surface area contributed by atoms with Crippen molar-refractivity contribution in [3.63, 3.8) is 0 Å². The van der Waals surface area contributed by atoms with Crippen LogP contribution in [0.2, 0.25) is 0 Å². The van der Waals surface area contributed by atoms with Gasteiger partial charge >= 0.3 is 0 Å². The van der Waals surface area contributed by atoms with Crippen LogP contribution in [-0.2, 0) is 11.8 Å². The Morgan fingerprint density at radius 1 is 1.36 bits per heavy atom. The molecule has 0 saturated heterocycles. The molecule has 0 fully saturated rings. The number of carbonyl (C=O) groups excluding carboxylic acids is 2. The van der Waals surface area contributed by atoms with Gasteiger partial charge in [0.05, 0.1) is 17.8 Å². The molecule has 3 aromatic rings. The second kappa shape index (κ2) is 7.31. The van der Waals surface area contributed by atoms with Crippen molar-refractivity contribution in [3.8, 4) is 22.8 Å². The molecule has 0 radical (unpaired) electrons. The molecule has 28 heavy (non-hydrogen) atoms. The summed E-state index contributed by atoms with van der Waals surface area (Å²) < 4.78 is 26.0. The number of hydrogen-bond acceptors (Lipinski definition) is 6. The number of nitrogens with one attached hydrogen (secondary N) is 2. The van der Waals surface area contributed by atoms with E-state index in [1.807, 2.05) is 0 Å². The Morgan fingerprint density at radius 3 is 3.00 bits per heavy atom. The van der Waals surface area contributed by atoms with Crippen LogP contribution in [0, 0.1) is 5.82 Å². The van der Waals surface area contributed by atoms with Gasteiger partial charge in [0.15, 0.2) is 16.7 Å². The van der Waals surface area contributed by atoms with Gasteiger partial charge in [-0.25, -0.2) is 9.37 Å². The van der Waals surface area contributed by atoms with Crippen LogP contribution >= 0.6 is 11.3 Å². The van der Waals surface area contributed by atoms with Crippen molar-refractivity contribution < 1.29 is 23.5 Å². The van der Waals surface area contributed by atoms with E-state index < -0.39 is 11.7 Å². The molecule has 0 unspecified atom stereocenters. The Balaban J connectivity index is 1.37. The van der Waals surface area contributed by atoms with Crippen molar-refractivity contribution in [2.75, 3.05) is 18.7 Å². The van der Waals surface area contributed by atoms with Crippen LogP contribution in [0.15, 0.2) is 36.0 Å². The normalized spacial score (nSPS) is 12.1. The first-order valence-corrected chi connectivity index (χ1v) is 9.12. The lowest BCUT2D eigenvalue weighted by atomic mass is 10.1. The quantitative estimate of drug-likeness (QED) is 0.683. The van der Waals surface area contributed by atoms with E-state index in [1.165, 1.54) is 17.4 Å². The molecule has 2 amide bonds. The van der Waals surface area contributed by atoms with E-state index >= 15 is 0 Å². The summed E-state index contributed by atoms with van der Waals surface area (Å²) in [4.78, 5) is 28.3. The van der Waals surface area contributed by atoms with E-state index in [1.54, 1.807) is 41.5 Å². The van der Waals surface area contributed by atoms with E-state index in [0.29, 0.717) is 27.7 Å². The number of fused-ring (bicyclic) bond motifs is 1. The lowest BCUT2D eigenvalue weighted by molar-refractivity contribution is -0.115. The van der Waals surface area contributed by atoms with Gasteiger partial charge in [0.1, 0.15) is 0 Å². The number of anilines is 1. The monoisotopic (exact) mass is 402 g/mol. The molecule has 0 bridgehead atoms. The summed E-state index contributed by atoms with van der Waals surface area (Å²) in [5.74, 6) is -0.889. The number of rotatable bonds is 5. The number of thiazole rings is 1. The van der Waals surface area contributed by atoms with Gasteiger partial charge in [0, 0.05) is 30.4 Å². The maximum atomic E-state index is 14.0. The second-order valence-corrected chi connectivity index (χ2v) is 6.88. The number of hydrogen-bond donors (Lipinski definition) is 2. The third-order valence-electron chi connectivity index (χ3n) is 3.98. The minimum Gasteiger partial charge on any atom is -0.453 e. The highest BCUT2D eigenvalue weighted by Crippen LogP contribution is 2.39. The van der Waals surface area contributed by atoms with Gasteiger partial charge in [0.25, 0.3) is 5.91 Å². The van der Waals surface area contributed by atoms with Crippen LogP contribution in [0.25, 0.3) is 11.3 Å². The summed E-state index contributed by atoms with van der Waals surface area (Å²) in [6, 6.07) is 4.59. The number of benzene rings is 1. The number of ether oxygens (including phenoxy) is 2. The summed E-state index contributed by atoms with van der Waals surface area (Å²) >= 11 is 1.19. The van der Waals surface area contributed by atoms with E-state index in [0.717, 1.165) is 0 Å². The van der Waals surface area contributed by atoms with Gasteiger partial charge in [-0.2, -0.15) is 0 Å². The Bertz CT molecular complexity index is 1060. The number of carbonyl (C=O) groups is 2. The van der Waals surface area contributed by atoms with Crippen molar-refractivity contribution in [1.82, 2.24) is 14.9 Å². The maximum Gasteiger partial charge on any atom is 0.253 e. The number of aromatic nitrogens is 2. The fourth-order valence-corrected chi connectivity index (χ4v) is 3.38. The summed E-state index contributed by atoms with van der Waals surface area (Å²) in [5, 5.41) is 7.18. The highest BCUT2D eigenvalue weighted by molar-refractivity contribution is 7.14. The van der Waals surface area contributed by atoms with Crippen LogP contribution in [0.3, 0.4) is 0 Å². The molecule has 4 rings (SSSR count). The van der Waals surface area contributed by atoms with Crippen molar-refractivity contribution >= 4 is 28.3 Å². The first-order chi connectivity index (χ1) is 13.5. The van der Waals surface area contributed by atoms with Gasteiger partial charge < -0.3 is 24.7 Å². The zero-order valence-corrected chi connectivity index (χ0v) is 15.5. The number of halogens is 1. The summed E-state index contributed by atoms with van der Waals surface area (Å²) in [6.07, 6.45) is 3.40. The molecule has 3 heterocycles. The summed E-state index contributed by atoms with van der Waals surface area (Å²) in [7, 11) is 1.80. The van der Waals surface area contributed by atoms with Crippen molar-refractivity contribution in [2.24, 2.45) is 7.05 Å². The molecule has 1 aliphatic heterocycles. The Labute approximate surface area is 162 Å². The van der Waals surface area contributed by atoms with E-state index in [4.69, 9.17) is 9.47 Å². The minimum absolute atomic E-state index is 0.0250. The summed E-state index contributed by atoms with van der Waals surface area (Å²) in [6.45, 7) is -0.218. The zero-order valence-electron chi connectivity index (χ0n) is 14.7. The molecule has 144 valence electrons. The highest BCUT2D eigenvalue weighted by atomic mass is 32.1. The molecular formula is C18H15FN4O4S. The molecule has 2 aromatic heterocycles. The van der Waals surface area contributed by atoms with E-state index in [9.17, 15) is 14.0 Å². The van der Waals surface area contributed by atoms with Gasteiger partial charge in [0.2, 0.25) is 18.4 Å². The minimum atomic E-state index is -0.535. The fraction of sp³-hybridized carbons (Fsp3) is 0.167. The molecule has 0 saturated carbocycles. The first-order valence-electron chi connectivity index (χ1n) is 8.24. The van der Waals surface area contributed by atoms with Crippen molar-refractivity contribution in [3.05, 3.63) is 47.4 Å². The molecule has 1 aromatic carbocycles. The number of aryl methyl sites for hydroxylation is 1. The van der Waals surface area contributed by atoms with Gasteiger partial charge in [-0.1, -0.05) is 0 Å². The van der Waals surface area contributed by atoms with Crippen LogP contribution in [0.4, 0.5) is 9.52 Å². The molecule has 1 aliphatic rings.